The molecule has 0 bridgehead atoms. The van der Waals surface area contributed by atoms with Crippen LogP contribution < -0.4 is 5.73 Å². The van der Waals surface area contributed by atoms with Crippen LogP contribution in [0.2, 0.25) is 0 Å². The Kier molecular flexibility index (Phi) is 8.12. The molecule has 1 rings (SSSR count). The fraction of sp³-hybridized carbons (Fsp3) is 0.500. The lowest BCUT2D eigenvalue weighted by Crippen LogP contribution is -2.13. The molecule has 1 aromatic rings. The Bertz CT molecular complexity index is 442. The molecule has 5 heteroatoms. The van der Waals surface area contributed by atoms with Crippen LogP contribution in [-0.4, -0.2) is 31.7 Å². The van der Waals surface area contributed by atoms with Crippen LogP contribution in [0.15, 0.2) is 24.3 Å². The van der Waals surface area contributed by atoms with Crippen LogP contribution in [0.5, 0.6) is 0 Å². The molecule has 116 valence electrons. The number of nitrogens with two attached hydrogens (primary N) is 1. The highest BCUT2D eigenvalue weighted by Gasteiger charge is 2.03. The molecule has 0 radical (unpaired) electrons. The van der Waals surface area contributed by atoms with E-state index in [1.54, 1.807) is 6.92 Å². The Balaban J connectivity index is 2.22. The van der Waals surface area contributed by atoms with E-state index < -0.39 is 0 Å². The fourth-order valence-corrected chi connectivity index (χ4v) is 1.86. The number of benzene rings is 1. The first-order valence-electron chi connectivity index (χ1n) is 7.21. The molecular weight excluding hydrogens is 270 g/mol. The van der Waals surface area contributed by atoms with Gasteiger partial charge in [-0.2, -0.15) is 0 Å². The van der Waals surface area contributed by atoms with Crippen LogP contribution in [0.1, 0.15) is 30.9 Å². The van der Waals surface area contributed by atoms with E-state index in [0.29, 0.717) is 26.2 Å². The number of carbonyl (C=O) groups is 2. The molecule has 2 N–H and O–H groups in total. The van der Waals surface area contributed by atoms with Gasteiger partial charge >= 0.3 is 5.97 Å². The molecular formula is C16H23NO4. The first kappa shape index (κ1) is 17.2. The summed E-state index contributed by atoms with van der Waals surface area (Å²) in [4.78, 5) is 21.9. The lowest BCUT2D eigenvalue weighted by Gasteiger charge is -2.05. The van der Waals surface area contributed by atoms with Crippen molar-refractivity contribution in [3.8, 4) is 0 Å². The minimum Gasteiger partial charge on any atom is -0.466 e. The van der Waals surface area contributed by atoms with E-state index in [4.69, 9.17) is 15.2 Å². The van der Waals surface area contributed by atoms with Gasteiger partial charge in [-0.05, 0) is 30.9 Å². The van der Waals surface area contributed by atoms with Gasteiger partial charge in [0, 0.05) is 13.0 Å². The predicted molar refractivity (Wildman–Crippen MR) is 79.7 cm³/mol. The highest BCUT2D eigenvalue weighted by Crippen LogP contribution is 2.08. The van der Waals surface area contributed by atoms with Crippen LogP contribution in [0, 0.1) is 0 Å². The molecule has 0 unspecified atom stereocenters. The monoisotopic (exact) mass is 293 g/mol. The van der Waals surface area contributed by atoms with Crippen LogP contribution >= 0.6 is 0 Å². The highest BCUT2D eigenvalue weighted by atomic mass is 16.5. The van der Waals surface area contributed by atoms with Crippen molar-refractivity contribution in [3.05, 3.63) is 35.4 Å². The van der Waals surface area contributed by atoms with Gasteiger partial charge in [0.25, 0.3) is 0 Å². The van der Waals surface area contributed by atoms with Gasteiger partial charge in [0.1, 0.15) is 0 Å². The SMILES string of the molecule is CCOC(=O)Cc1ccc(CCCOCCC(N)=O)cc1. The third-order valence-electron chi connectivity index (χ3n) is 2.92. The summed E-state index contributed by atoms with van der Waals surface area (Å²) in [5, 5.41) is 0. The fourth-order valence-electron chi connectivity index (χ4n) is 1.86. The van der Waals surface area contributed by atoms with Crippen molar-refractivity contribution in [3.63, 3.8) is 0 Å². The average Bonchev–Trinajstić information content (AvgIpc) is 2.44. The second kappa shape index (κ2) is 9.94. The predicted octanol–water partition coefficient (Wildman–Crippen LogP) is 1.62. The molecule has 0 aliphatic carbocycles. The summed E-state index contributed by atoms with van der Waals surface area (Å²) in [7, 11) is 0. The molecule has 0 aliphatic rings. The van der Waals surface area contributed by atoms with Crippen molar-refractivity contribution < 1.29 is 19.1 Å². The van der Waals surface area contributed by atoms with E-state index in [0.717, 1.165) is 18.4 Å². The van der Waals surface area contributed by atoms with Gasteiger partial charge in [-0.25, -0.2) is 0 Å². The maximum Gasteiger partial charge on any atom is 0.310 e. The molecule has 0 saturated carbocycles. The van der Waals surface area contributed by atoms with Crippen molar-refractivity contribution in [2.45, 2.75) is 32.6 Å². The second-order valence-corrected chi connectivity index (χ2v) is 4.73. The molecule has 5 nitrogen and oxygen atoms in total. The molecule has 0 atom stereocenters. The first-order valence-corrected chi connectivity index (χ1v) is 7.21. The summed E-state index contributed by atoms with van der Waals surface area (Å²) in [6.07, 6.45) is 2.36. The second-order valence-electron chi connectivity index (χ2n) is 4.73. The van der Waals surface area contributed by atoms with Crippen molar-refractivity contribution in [1.29, 1.82) is 0 Å². The van der Waals surface area contributed by atoms with E-state index in [-0.39, 0.29) is 18.3 Å². The van der Waals surface area contributed by atoms with Crippen LogP contribution in [0.25, 0.3) is 0 Å². The Morgan fingerprint density at radius 1 is 1.10 bits per heavy atom. The number of hydrogen-bond donors (Lipinski definition) is 1. The maximum atomic E-state index is 11.3. The Morgan fingerprint density at radius 3 is 2.38 bits per heavy atom. The highest BCUT2D eigenvalue weighted by molar-refractivity contribution is 5.73. The molecule has 0 fully saturated rings. The normalized spacial score (nSPS) is 10.3. The third-order valence-corrected chi connectivity index (χ3v) is 2.92. The molecule has 21 heavy (non-hydrogen) atoms. The van der Waals surface area contributed by atoms with Crippen LogP contribution in [0.4, 0.5) is 0 Å². The van der Waals surface area contributed by atoms with Gasteiger partial charge in [-0.1, -0.05) is 24.3 Å². The number of aryl methyl sites for hydroxylation is 1. The average molecular weight is 293 g/mol. The quantitative estimate of drug-likeness (QED) is 0.525. The molecule has 0 aliphatic heterocycles. The summed E-state index contributed by atoms with van der Waals surface area (Å²) >= 11 is 0. The van der Waals surface area contributed by atoms with Crippen molar-refractivity contribution in [1.82, 2.24) is 0 Å². The number of amides is 1. The van der Waals surface area contributed by atoms with E-state index in [1.165, 1.54) is 5.56 Å². The zero-order valence-electron chi connectivity index (χ0n) is 12.5. The number of primary amides is 1. The Labute approximate surface area is 125 Å². The van der Waals surface area contributed by atoms with Gasteiger partial charge in [-0.15, -0.1) is 0 Å². The van der Waals surface area contributed by atoms with Crippen molar-refractivity contribution in [2.75, 3.05) is 19.8 Å². The molecule has 1 amide bonds. The van der Waals surface area contributed by atoms with E-state index in [9.17, 15) is 9.59 Å². The number of ether oxygens (including phenoxy) is 2. The summed E-state index contributed by atoms with van der Waals surface area (Å²) in [5.74, 6) is -0.541. The molecule has 0 saturated heterocycles. The third kappa shape index (κ3) is 8.09. The van der Waals surface area contributed by atoms with E-state index in [2.05, 4.69) is 0 Å². The number of carbonyl (C=O) groups excluding carboxylic acids is 2. The van der Waals surface area contributed by atoms with Gasteiger partial charge in [0.05, 0.1) is 19.6 Å². The van der Waals surface area contributed by atoms with E-state index in [1.807, 2.05) is 24.3 Å². The Hall–Kier alpha value is -1.88. The van der Waals surface area contributed by atoms with Gasteiger partial charge in [0.2, 0.25) is 5.91 Å². The molecule has 0 aromatic heterocycles. The summed E-state index contributed by atoms with van der Waals surface area (Å²) in [6.45, 7) is 3.20. The summed E-state index contributed by atoms with van der Waals surface area (Å²) < 4.78 is 10.2. The van der Waals surface area contributed by atoms with Gasteiger partial charge < -0.3 is 15.2 Å². The maximum absolute atomic E-state index is 11.3. The Morgan fingerprint density at radius 2 is 1.76 bits per heavy atom. The zero-order chi connectivity index (χ0) is 15.5. The first-order chi connectivity index (χ1) is 10.1. The molecule has 0 spiro atoms. The molecule has 1 aromatic carbocycles. The lowest BCUT2D eigenvalue weighted by molar-refractivity contribution is -0.142. The van der Waals surface area contributed by atoms with Crippen molar-refractivity contribution in [2.24, 2.45) is 5.73 Å². The van der Waals surface area contributed by atoms with E-state index >= 15 is 0 Å². The number of rotatable bonds is 10. The molecule has 0 heterocycles. The largest absolute Gasteiger partial charge is 0.466 e. The standard InChI is InChI=1S/C16H23NO4/c1-2-21-16(19)12-14-7-5-13(6-8-14)4-3-10-20-11-9-15(17)18/h5-8H,2-4,9-12H2,1H3,(H2,17,18). The van der Waals surface area contributed by atoms with Crippen LogP contribution in [-0.2, 0) is 31.9 Å². The topological polar surface area (TPSA) is 78.6 Å². The number of hydrogen-bond acceptors (Lipinski definition) is 4. The van der Waals surface area contributed by atoms with Gasteiger partial charge in [0.15, 0.2) is 0 Å². The summed E-state index contributed by atoms with van der Waals surface area (Å²) in [5.41, 5.74) is 7.16. The zero-order valence-corrected chi connectivity index (χ0v) is 12.5. The van der Waals surface area contributed by atoms with Crippen molar-refractivity contribution >= 4 is 11.9 Å². The minimum absolute atomic E-state index is 0.201. The smallest absolute Gasteiger partial charge is 0.310 e. The lowest BCUT2D eigenvalue weighted by atomic mass is 10.1. The summed E-state index contributed by atoms with van der Waals surface area (Å²) in [6, 6.07) is 7.91. The number of esters is 1. The van der Waals surface area contributed by atoms with Gasteiger partial charge in [-0.3, -0.25) is 9.59 Å². The van der Waals surface area contributed by atoms with Crippen LogP contribution in [0.3, 0.4) is 0 Å². The minimum atomic E-state index is -0.341.